The minimum atomic E-state index is -0.653. The molecule has 0 radical (unpaired) electrons. The lowest BCUT2D eigenvalue weighted by atomic mass is 9.86. The van der Waals surface area contributed by atoms with E-state index in [-0.39, 0.29) is 11.4 Å². The zero-order chi connectivity index (χ0) is 16.0. The molecule has 1 N–H and O–H groups in total. The Balaban J connectivity index is 4.92. The molecule has 4 nitrogen and oxygen atoms in total. The second-order valence-electron chi connectivity index (χ2n) is 6.94. The monoisotopic (exact) mass is 286 g/mol. The Morgan fingerprint density at radius 1 is 1.25 bits per heavy atom. The van der Waals surface area contributed by atoms with Crippen molar-refractivity contribution in [3.63, 3.8) is 0 Å². The molecule has 0 aliphatic rings. The summed E-state index contributed by atoms with van der Waals surface area (Å²) in [6, 6.07) is 0.375. The van der Waals surface area contributed by atoms with Crippen LogP contribution in [-0.4, -0.2) is 49.2 Å². The van der Waals surface area contributed by atoms with Gasteiger partial charge in [0.05, 0.1) is 6.61 Å². The molecule has 0 aliphatic carbocycles. The van der Waals surface area contributed by atoms with Crippen LogP contribution in [0, 0.1) is 5.41 Å². The van der Waals surface area contributed by atoms with Crippen molar-refractivity contribution in [2.45, 2.75) is 66.5 Å². The van der Waals surface area contributed by atoms with Gasteiger partial charge in [-0.1, -0.05) is 27.7 Å². The summed E-state index contributed by atoms with van der Waals surface area (Å²) in [5.41, 5.74) is -0.477. The number of carbonyl (C=O) groups is 1. The Hall–Kier alpha value is -0.610. The van der Waals surface area contributed by atoms with Gasteiger partial charge in [-0.05, 0) is 46.2 Å². The number of hydrogen-bond acceptors (Lipinski definition) is 4. The van der Waals surface area contributed by atoms with E-state index in [1.165, 1.54) is 0 Å². The van der Waals surface area contributed by atoms with Crippen molar-refractivity contribution >= 4 is 5.97 Å². The molecule has 0 spiro atoms. The lowest BCUT2D eigenvalue weighted by Crippen LogP contribution is -2.59. The van der Waals surface area contributed by atoms with E-state index in [0.717, 1.165) is 13.0 Å². The van der Waals surface area contributed by atoms with Crippen LogP contribution >= 0.6 is 0 Å². The average Bonchev–Trinajstić information content (AvgIpc) is 2.34. The van der Waals surface area contributed by atoms with E-state index in [1.807, 2.05) is 13.8 Å². The Kier molecular flexibility index (Phi) is 7.74. The van der Waals surface area contributed by atoms with Crippen LogP contribution in [-0.2, 0) is 9.53 Å². The molecule has 0 rings (SSSR count). The largest absolute Gasteiger partial charge is 0.465 e. The number of esters is 1. The van der Waals surface area contributed by atoms with Crippen molar-refractivity contribution in [1.82, 2.24) is 10.2 Å². The van der Waals surface area contributed by atoms with Gasteiger partial charge in [0.25, 0.3) is 0 Å². The molecule has 0 saturated carbocycles. The maximum absolute atomic E-state index is 12.3. The highest BCUT2D eigenvalue weighted by molar-refractivity contribution is 5.80. The predicted molar refractivity (Wildman–Crippen MR) is 84.9 cm³/mol. The van der Waals surface area contributed by atoms with Gasteiger partial charge in [-0.2, -0.15) is 0 Å². The zero-order valence-electron chi connectivity index (χ0n) is 14.7. The first kappa shape index (κ1) is 19.4. The number of ether oxygens (including phenoxy) is 1. The summed E-state index contributed by atoms with van der Waals surface area (Å²) < 4.78 is 5.24. The van der Waals surface area contributed by atoms with E-state index in [9.17, 15) is 4.79 Å². The standard InChI is InChI=1S/C16H34N2O2/c1-9-11-17-16(7,14(19)20-10-2)12-18(8)13(3)15(4,5)6/h13,17H,9-12H2,1-8H3. The molecule has 0 fully saturated rings. The second-order valence-corrected chi connectivity index (χ2v) is 6.94. The van der Waals surface area contributed by atoms with Crippen molar-refractivity contribution in [2.24, 2.45) is 5.41 Å². The molecule has 0 aromatic carbocycles. The summed E-state index contributed by atoms with van der Waals surface area (Å²) in [6.45, 7) is 16.6. The van der Waals surface area contributed by atoms with Crippen LogP contribution in [0.4, 0.5) is 0 Å². The van der Waals surface area contributed by atoms with E-state index in [0.29, 0.717) is 19.2 Å². The van der Waals surface area contributed by atoms with Crippen molar-refractivity contribution in [3.05, 3.63) is 0 Å². The van der Waals surface area contributed by atoms with Crippen LogP contribution in [0.25, 0.3) is 0 Å². The van der Waals surface area contributed by atoms with Crippen LogP contribution in [0.15, 0.2) is 0 Å². The van der Waals surface area contributed by atoms with Crippen molar-refractivity contribution in [2.75, 3.05) is 26.7 Å². The fourth-order valence-corrected chi connectivity index (χ4v) is 2.18. The van der Waals surface area contributed by atoms with Crippen LogP contribution in [0.3, 0.4) is 0 Å². The topological polar surface area (TPSA) is 41.6 Å². The summed E-state index contributed by atoms with van der Waals surface area (Å²) in [5, 5.41) is 3.35. The summed E-state index contributed by atoms with van der Waals surface area (Å²) in [7, 11) is 2.07. The fraction of sp³-hybridized carbons (Fsp3) is 0.938. The molecule has 2 atom stereocenters. The van der Waals surface area contributed by atoms with Gasteiger partial charge in [-0.3, -0.25) is 4.79 Å². The maximum atomic E-state index is 12.3. The first-order chi connectivity index (χ1) is 9.08. The minimum Gasteiger partial charge on any atom is -0.465 e. The molecule has 0 amide bonds. The van der Waals surface area contributed by atoms with Crippen LogP contribution in [0.1, 0.15) is 54.9 Å². The van der Waals surface area contributed by atoms with Gasteiger partial charge in [-0.15, -0.1) is 0 Å². The van der Waals surface area contributed by atoms with E-state index in [2.05, 4.69) is 51.9 Å². The normalized spacial score (nSPS) is 16.9. The van der Waals surface area contributed by atoms with E-state index in [4.69, 9.17) is 4.74 Å². The molecule has 0 aromatic rings. The molecule has 0 bridgehead atoms. The van der Waals surface area contributed by atoms with Gasteiger partial charge in [-0.25, -0.2) is 0 Å². The van der Waals surface area contributed by atoms with Crippen LogP contribution in [0.5, 0.6) is 0 Å². The Bertz CT molecular complexity index is 299. The average molecular weight is 286 g/mol. The molecular weight excluding hydrogens is 252 g/mol. The number of rotatable bonds is 8. The SMILES string of the molecule is CCCNC(C)(CN(C)C(C)C(C)(C)C)C(=O)OCC. The highest BCUT2D eigenvalue weighted by Crippen LogP contribution is 2.24. The smallest absolute Gasteiger partial charge is 0.327 e. The summed E-state index contributed by atoms with van der Waals surface area (Å²) in [6.07, 6.45) is 0.994. The maximum Gasteiger partial charge on any atom is 0.327 e. The molecule has 0 aliphatic heterocycles. The summed E-state index contributed by atoms with van der Waals surface area (Å²) in [5.74, 6) is -0.165. The van der Waals surface area contributed by atoms with Crippen LogP contribution < -0.4 is 5.32 Å². The molecule has 0 aromatic heterocycles. The highest BCUT2D eigenvalue weighted by Gasteiger charge is 2.37. The molecule has 2 unspecified atom stereocenters. The van der Waals surface area contributed by atoms with E-state index >= 15 is 0 Å². The fourth-order valence-electron chi connectivity index (χ4n) is 2.18. The number of carbonyl (C=O) groups excluding carboxylic acids is 1. The van der Waals surface area contributed by atoms with Gasteiger partial charge in [0.2, 0.25) is 0 Å². The van der Waals surface area contributed by atoms with Gasteiger partial charge >= 0.3 is 5.97 Å². The lowest BCUT2D eigenvalue weighted by Gasteiger charge is -2.40. The van der Waals surface area contributed by atoms with Crippen molar-refractivity contribution in [3.8, 4) is 0 Å². The minimum absolute atomic E-state index is 0.165. The molecule has 4 heteroatoms. The van der Waals surface area contributed by atoms with Gasteiger partial charge in [0.1, 0.15) is 5.54 Å². The van der Waals surface area contributed by atoms with Crippen molar-refractivity contribution in [1.29, 1.82) is 0 Å². The second kappa shape index (κ2) is 7.99. The molecular formula is C16H34N2O2. The third kappa shape index (κ3) is 5.80. The molecule has 120 valence electrons. The Labute approximate surface area is 125 Å². The predicted octanol–water partition coefficient (Wildman–Crippen LogP) is 2.67. The van der Waals surface area contributed by atoms with E-state index in [1.54, 1.807) is 0 Å². The highest BCUT2D eigenvalue weighted by atomic mass is 16.5. The van der Waals surface area contributed by atoms with Crippen LogP contribution in [0.2, 0.25) is 0 Å². The molecule has 0 heterocycles. The lowest BCUT2D eigenvalue weighted by molar-refractivity contribution is -0.151. The van der Waals surface area contributed by atoms with Gasteiger partial charge in [0, 0.05) is 12.6 Å². The van der Waals surface area contributed by atoms with Gasteiger partial charge in [0.15, 0.2) is 0 Å². The summed E-state index contributed by atoms with van der Waals surface area (Å²) >= 11 is 0. The van der Waals surface area contributed by atoms with Crippen molar-refractivity contribution < 1.29 is 9.53 Å². The quantitative estimate of drug-likeness (QED) is 0.697. The first-order valence-corrected chi connectivity index (χ1v) is 7.71. The number of nitrogens with zero attached hydrogens (tertiary/aromatic N) is 1. The molecule has 0 saturated heterocycles. The van der Waals surface area contributed by atoms with Gasteiger partial charge < -0.3 is 15.0 Å². The zero-order valence-corrected chi connectivity index (χ0v) is 14.7. The number of hydrogen-bond donors (Lipinski definition) is 1. The summed E-state index contributed by atoms with van der Waals surface area (Å²) in [4.78, 5) is 14.5. The Morgan fingerprint density at radius 3 is 2.20 bits per heavy atom. The molecule has 20 heavy (non-hydrogen) atoms. The third-order valence-corrected chi connectivity index (χ3v) is 3.97. The number of likely N-dealkylation sites (N-methyl/N-ethyl adjacent to an activating group) is 1. The van der Waals surface area contributed by atoms with E-state index < -0.39 is 5.54 Å². The third-order valence-electron chi connectivity index (χ3n) is 3.97. The number of nitrogens with one attached hydrogen (secondary N) is 1. The Morgan fingerprint density at radius 2 is 1.80 bits per heavy atom. The first-order valence-electron chi connectivity index (χ1n) is 7.71.